The second-order valence-corrected chi connectivity index (χ2v) is 5.67. The summed E-state index contributed by atoms with van der Waals surface area (Å²) in [6.07, 6.45) is 0. The molecule has 0 heterocycles. The molecule has 0 saturated carbocycles. The fraction of sp³-hybridized carbons (Fsp3) is 0.222. The molecule has 0 unspecified atom stereocenters. The summed E-state index contributed by atoms with van der Waals surface area (Å²) in [7, 11) is -4.34. The van der Waals surface area contributed by atoms with Crippen molar-refractivity contribution in [3.05, 3.63) is 33.4 Å². The first-order chi connectivity index (χ1) is 7.38. The van der Waals surface area contributed by atoms with Crippen LogP contribution in [0.3, 0.4) is 0 Å². The first-order valence-corrected chi connectivity index (χ1v) is 6.90. The third-order valence-corrected chi connectivity index (χ3v) is 3.03. The van der Waals surface area contributed by atoms with E-state index in [2.05, 4.69) is 27.3 Å². The number of ether oxygens (including phenoxy) is 1. The van der Waals surface area contributed by atoms with Gasteiger partial charge in [-0.3, -0.25) is 0 Å². The van der Waals surface area contributed by atoms with Crippen molar-refractivity contribution in [1.82, 2.24) is 0 Å². The molecule has 0 saturated heterocycles. The molecule has 16 heavy (non-hydrogen) atoms. The summed E-state index contributed by atoms with van der Waals surface area (Å²) in [4.78, 5) is 11.3. The van der Waals surface area contributed by atoms with Gasteiger partial charge >= 0.3 is 5.97 Å². The molecule has 7 heteroatoms. The largest absolute Gasteiger partial charge is 0.748 e. The topological polar surface area (TPSA) is 83.5 Å². The minimum absolute atomic E-state index is 0.323. The number of hydrogen-bond acceptors (Lipinski definition) is 5. The molecule has 0 spiro atoms. The van der Waals surface area contributed by atoms with Gasteiger partial charge in [0.1, 0.15) is 6.61 Å². The van der Waals surface area contributed by atoms with E-state index in [9.17, 15) is 17.8 Å². The van der Waals surface area contributed by atoms with Crippen molar-refractivity contribution in [2.45, 2.75) is 0 Å². The van der Waals surface area contributed by atoms with Crippen LogP contribution in [0.5, 0.6) is 0 Å². The van der Waals surface area contributed by atoms with Crippen LogP contribution in [0.2, 0.25) is 0 Å². The van der Waals surface area contributed by atoms with Gasteiger partial charge in [-0.15, -0.1) is 0 Å². The van der Waals surface area contributed by atoms with Gasteiger partial charge < -0.3 is 9.29 Å². The number of hydrogen-bond donors (Lipinski definition) is 0. The van der Waals surface area contributed by atoms with Crippen LogP contribution in [0.15, 0.2) is 24.3 Å². The monoisotopic (exact) mass is 355 g/mol. The summed E-state index contributed by atoms with van der Waals surface area (Å²) < 4.78 is 36.3. The second kappa shape index (κ2) is 5.60. The average molecular weight is 355 g/mol. The first kappa shape index (κ1) is 13.4. The van der Waals surface area contributed by atoms with Gasteiger partial charge in [0.05, 0.1) is 21.4 Å². The lowest BCUT2D eigenvalue weighted by atomic mass is 10.2. The molecule has 0 fully saturated rings. The highest BCUT2D eigenvalue weighted by Gasteiger charge is 2.07. The van der Waals surface area contributed by atoms with Crippen molar-refractivity contribution in [1.29, 1.82) is 0 Å². The van der Waals surface area contributed by atoms with Crippen LogP contribution >= 0.6 is 22.6 Å². The van der Waals surface area contributed by atoms with E-state index in [-0.39, 0.29) is 0 Å². The van der Waals surface area contributed by atoms with Gasteiger partial charge in [0.15, 0.2) is 0 Å². The molecular formula is C9H8IO5S-. The Hall–Kier alpha value is -0.670. The molecule has 0 aliphatic rings. The predicted molar refractivity (Wildman–Crippen MR) is 64.0 cm³/mol. The molecule has 0 aliphatic carbocycles. The molecule has 0 amide bonds. The summed E-state index contributed by atoms with van der Waals surface area (Å²) in [5.41, 5.74) is 0.323. The lowest BCUT2D eigenvalue weighted by molar-refractivity contribution is 0.0528. The number of carbonyl (C=O) groups is 1. The second-order valence-electron chi connectivity index (χ2n) is 2.90. The van der Waals surface area contributed by atoms with Crippen LogP contribution in [-0.2, 0) is 14.9 Å². The van der Waals surface area contributed by atoms with E-state index in [1.807, 2.05) is 0 Å². The van der Waals surface area contributed by atoms with E-state index < -0.39 is 28.4 Å². The zero-order chi connectivity index (χ0) is 12.2. The quantitative estimate of drug-likeness (QED) is 0.457. The van der Waals surface area contributed by atoms with E-state index in [0.29, 0.717) is 5.56 Å². The normalized spacial score (nSPS) is 11.1. The Labute approximate surface area is 107 Å². The first-order valence-electron chi connectivity index (χ1n) is 4.25. The van der Waals surface area contributed by atoms with Crippen LogP contribution < -0.4 is 0 Å². The van der Waals surface area contributed by atoms with E-state index >= 15 is 0 Å². The Balaban J connectivity index is 2.50. The maximum Gasteiger partial charge on any atom is 0.338 e. The van der Waals surface area contributed by atoms with Gasteiger partial charge in [0.25, 0.3) is 0 Å². The molecule has 5 nitrogen and oxygen atoms in total. The van der Waals surface area contributed by atoms with Crippen molar-refractivity contribution in [3.63, 3.8) is 0 Å². The number of benzene rings is 1. The summed E-state index contributed by atoms with van der Waals surface area (Å²) in [5.74, 6) is -1.34. The van der Waals surface area contributed by atoms with Gasteiger partial charge in [0.2, 0.25) is 0 Å². The zero-order valence-electron chi connectivity index (χ0n) is 8.05. The van der Waals surface area contributed by atoms with Crippen LogP contribution in [0.1, 0.15) is 10.4 Å². The number of rotatable bonds is 4. The molecule has 1 aromatic rings. The molecule has 0 aliphatic heterocycles. The SMILES string of the molecule is O=C(OCCS(=O)(=O)[O-])c1ccc(I)cc1. The van der Waals surface area contributed by atoms with Crippen molar-refractivity contribution in [3.8, 4) is 0 Å². The Morgan fingerprint density at radius 1 is 1.31 bits per heavy atom. The van der Waals surface area contributed by atoms with Gasteiger partial charge in [-0.1, -0.05) is 0 Å². The zero-order valence-corrected chi connectivity index (χ0v) is 11.0. The maximum atomic E-state index is 11.3. The third kappa shape index (κ3) is 4.90. The molecule has 0 radical (unpaired) electrons. The van der Waals surface area contributed by atoms with Crippen molar-refractivity contribution >= 4 is 38.7 Å². The van der Waals surface area contributed by atoms with Crippen molar-refractivity contribution < 1.29 is 22.5 Å². The predicted octanol–water partition coefficient (Wildman–Crippen LogP) is 0.993. The summed E-state index contributed by atoms with van der Waals surface area (Å²) in [5, 5.41) is 0. The molecule has 0 atom stereocenters. The van der Waals surface area contributed by atoms with Crippen LogP contribution in [0.25, 0.3) is 0 Å². The van der Waals surface area contributed by atoms with Crippen molar-refractivity contribution in [2.75, 3.05) is 12.4 Å². The summed E-state index contributed by atoms with van der Waals surface area (Å²) >= 11 is 2.09. The van der Waals surface area contributed by atoms with Crippen molar-refractivity contribution in [2.24, 2.45) is 0 Å². The summed E-state index contributed by atoms with van der Waals surface area (Å²) in [6, 6.07) is 6.58. The fourth-order valence-electron chi connectivity index (χ4n) is 0.906. The van der Waals surface area contributed by atoms with Gasteiger partial charge in [-0.2, -0.15) is 0 Å². The fourth-order valence-corrected chi connectivity index (χ4v) is 1.55. The number of esters is 1. The molecule has 1 rings (SSSR count). The van der Waals surface area contributed by atoms with Crippen LogP contribution in [0.4, 0.5) is 0 Å². The third-order valence-electron chi connectivity index (χ3n) is 1.65. The Morgan fingerprint density at radius 3 is 2.38 bits per heavy atom. The molecule has 1 aromatic carbocycles. The van der Waals surface area contributed by atoms with E-state index in [4.69, 9.17) is 0 Å². The minimum atomic E-state index is -4.34. The van der Waals surface area contributed by atoms with Crippen LogP contribution in [-0.4, -0.2) is 31.3 Å². The van der Waals surface area contributed by atoms with E-state index in [1.54, 1.807) is 24.3 Å². The molecule has 0 aromatic heterocycles. The smallest absolute Gasteiger partial charge is 0.338 e. The van der Waals surface area contributed by atoms with Crippen LogP contribution in [0, 0.1) is 3.57 Å². The van der Waals surface area contributed by atoms with E-state index in [1.165, 1.54) is 0 Å². The molecule has 0 bridgehead atoms. The molecular weight excluding hydrogens is 347 g/mol. The molecule has 88 valence electrons. The van der Waals surface area contributed by atoms with E-state index in [0.717, 1.165) is 3.57 Å². The average Bonchev–Trinajstić information content (AvgIpc) is 2.16. The number of halogens is 1. The number of carbonyl (C=O) groups excluding carboxylic acids is 1. The van der Waals surface area contributed by atoms with Gasteiger partial charge in [0, 0.05) is 3.57 Å². The lowest BCUT2D eigenvalue weighted by Crippen LogP contribution is -2.14. The standard InChI is InChI=1S/C9H9IO5S/c10-8-3-1-7(2-4-8)9(11)15-5-6-16(12,13)14/h1-4H,5-6H2,(H,12,13,14)/p-1. The Bertz CT molecular complexity index is 465. The Morgan fingerprint density at radius 2 is 1.88 bits per heavy atom. The van der Waals surface area contributed by atoms with Gasteiger partial charge in [-0.25, -0.2) is 13.2 Å². The lowest BCUT2D eigenvalue weighted by Gasteiger charge is -2.07. The maximum absolute atomic E-state index is 11.3. The summed E-state index contributed by atoms with van der Waals surface area (Å²) in [6.45, 7) is -0.420. The van der Waals surface area contributed by atoms with Gasteiger partial charge in [-0.05, 0) is 46.9 Å². The highest BCUT2D eigenvalue weighted by atomic mass is 127. The highest BCUT2D eigenvalue weighted by Crippen LogP contribution is 2.07. The minimum Gasteiger partial charge on any atom is -0.748 e. The molecule has 0 N–H and O–H groups in total. The highest BCUT2D eigenvalue weighted by molar-refractivity contribution is 14.1. The Kier molecular flexibility index (Phi) is 4.69.